The van der Waals surface area contributed by atoms with Crippen molar-refractivity contribution in [3.8, 4) is 11.3 Å². The number of aromatic nitrogens is 3. The monoisotopic (exact) mass is 379 g/mol. The van der Waals surface area contributed by atoms with Crippen LogP contribution in [0.15, 0.2) is 36.7 Å². The van der Waals surface area contributed by atoms with E-state index in [0.29, 0.717) is 6.04 Å². The van der Waals surface area contributed by atoms with Crippen LogP contribution in [-0.2, 0) is 4.74 Å². The molecule has 2 aliphatic heterocycles. The van der Waals surface area contributed by atoms with Crippen molar-refractivity contribution < 1.29 is 4.74 Å². The predicted octanol–water partition coefficient (Wildman–Crippen LogP) is 3.09. The third kappa shape index (κ3) is 4.03. The Morgan fingerprint density at radius 3 is 2.54 bits per heavy atom. The van der Waals surface area contributed by atoms with Crippen LogP contribution in [0.2, 0.25) is 0 Å². The Labute approximate surface area is 166 Å². The molecule has 2 aromatic rings. The van der Waals surface area contributed by atoms with Crippen LogP contribution in [0.5, 0.6) is 0 Å². The van der Waals surface area contributed by atoms with Crippen LogP contribution >= 0.6 is 0 Å². The molecule has 6 nitrogen and oxygen atoms in total. The zero-order valence-corrected chi connectivity index (χ0v) is 16.3. The summed E-state index contributed by atoms with van der Waals surface area (Å²) >= 11 is 0. The van der Waals surface area contributed by atoms with E-state index < -0.39 is 0 Å². The molecule has 148 valence electrons. The number of nitrogens with one attached hydrogen (secondary N) is 1. The minimum Gasteiger partial charge on any atom is -0.381 e. The molecule has 3 atom stereocenters. The zero-order valence-electron chi connectivity index (χ0n) is 16.3. The predicted molar refractivity (Wildman–Crippen MR) is 109 cm³/mol. The van der Waals surface area contributed by atoms with Crippen LogP contribution < -0.4 is 5.32 Å². The number of anilines is 1. The molecular weight excluding hydrogens is 350 g/mol. The number of hydrogen-bond acceptors (Lipinski definition) is 6. The molecule has 4 heterocycles. The summed E-state index contributed by atoms with van der Waals surface area (Å²) in [7, 11) is 0. The lowest BCUT2D eigenvalue weighted by Crippen LogP contribution is -2.32. The normalized spacial score (nSPS) is 28.4. The van der Waals surface area contributed by atoms with Gasteiger partial charge < -0.3 is 15.0 Å². The highest BCUT2D eigenvalue weighted by Crippen LogP contribution is 2.39. The second-order valence-electron chi connectivity index (χ2n) is 8.65. The molecular formula is C22H29N5O. The number of nitrogens with zero attached hydrogens (tertiary/aromatic N) is 4. The van der Waals surface area contributed by atoms with Crippen LogP contribution in [-0.4, -0.2) is 59.0 Å². The van der Waals surface area contributed by atoms with Crippen LogP contribution in [0.25, 0.3) is 11.3 Å². The summed E-state index contributed by atoms with van der Waals surface area (Å²) in [6.45, 7) is 5.73. The second-order valence-corrected chi connectivity index (χ2v) is 8.65. The first kappa shape index (κ1) is 18.0. The molecule has 5 rings (SSSR count). The quantitative estimate of drug-likeness (QED) is 0.861. The highest BCUT2D eigenvalue weighted by Gasteiger charge is 2.41. The van der Waals surface area contributed by atoms with E-state index in [4.69, 9.17) is 4.74 Å². The lowest BCUT2D eigenvalue weighted by atomic mass is 10.00. The van der Waals surface area contributed by atoms with Gasteiger partial charge in [-0.1, -0.05) is 0 Å². The summed E-state index contributed by atoms with van der Waals surface area (Å²) in [5.41, 5.74) is 1.87. The van der Waals surface area contributed by atoms with E-state index in [-0.39, 0.29) is 0 Å². The van der Waals surface area contributed by atoms with E-state index >= 15 is 0 Å². The SMILES string of the molecule is c1cncc(-c2ccc(N[C@H]3C[C@@H]4CN(CC5CCOCC5)C[C@@H]4C3)nn2)c1. The van der Waals surface area contributed by atoms with E-state index in [2.05, 4.69) is 25.4 Å². The van der Waals surface area contributed by atoms with E-state index in [0.717, 1.165) is 48.0 Å². The summed E-state index contributed by atoms with van der Waals surface area (Å²) in [4.78, 5) is 6.86. The average Bonchev–Trinajstić information content (AvgIpc) is 3.28. The van der Waals surface area contributed by atoms with Crippen molar-refractivity contribution in [3.63, 3.8) is 0 Å². The Morgan fingerprint density at radius 1 is 1.04 bits per heavy atom. The van der Waals surface area contributed by atoms with Gasteiger partial charge in [-0.2, -0.15) is 0 Å². The number of hydrogen-bond donors (Lipinski definition) is 1. The van der Waals surface area contributed by atoms with Gasteiger partial charge >= 0.3 is 0 Å². The van der Waals surface area contributed by atoms with E-state index in [1.807, 2.05) is 30.5 Å². The van der Waals surface area contributed by atoms with Crippen molar-refractivity contribution in [2.45, 2.75) is 31.7 Å². The zero-order chi connectivity index (χ0) is 18.8. The van der Waals surface area contributed by atoms with Crippen molar-refractivity contribution in [1.29, 1.82) is 0 Å². The maximum atomic E-state index is 5.50. The number of pyridine rings is 1. The number of rotatable bonds is 5. The average molecular weight is 380 g/mol. The van der Waals surface area contributed by atoms with E-state index in [9.17, 15) is 0 Å². The van der Waals surface area contributed by atoms with Crippen molar-refractivity contribution >= 4 is 5.82 Å². The molecule has 2 aromatic heterocycles. The summed E-state index contributed by atoms with van der Waals surface area (Å²) in [6.07, 6.45) is 8.57. The molecule has 6 heteroatoms. The molecule has 1 saturated carbocycles. The number of fused-ring (bicyclic) bond motifs is 1. The topological polar surface area (TPSA) is 63.2 Å². The first-order valence-electron chi connectivity index (χ1n) is 10.6. The van der Waals surface area contributed by atoms with Crippen LogP contribution in [0.4, 0.5) is 5.82 Å². The van der Waals surface area contributed by atoms with E-state index in [1.165, 1.54) is 45.3 Å². The fourth-order valence-corrected chi connectivity index (χ4v) is 5.24. The fraction of sp³-hybridized carbons (Fsp3) is 0.591. The van der Waals surface area contributed by atoms with Gasteiger partial charge in [0.05, 0.1) is 5.69 Å². The first-order chi connectivity index (χ1) is 13.8. The molecule has 3 fully saturated rings. The molecule has 0 aromatic carbocycles. The molecule has 0 amide bonds. The lowest BCUT2D eigenvalue weighted by molar-refractivity contribution is 0.0545. The first-order valence-corrected chi connectivity index (χ1v) is 10.6. The summed E-state index contributed by atoms with van der Waals surface area (Å²) in [6, 6.07) is 8.53. The highest BCUT2D eigenvalue weighted by molar-refractivity contribution is 5.58. The van der Waals surface area contributed by atoms with Gasteiger partial charge in [-0.15, -0.1) is 10.2 Å². The molecule has 1 aliphatic carbocycles. The lowest BCUT2D eigenvalue weighted by Gasteiger charge is -2.27. The highest BCUT2D eigenvalue weighted by atomic mass is 16.5. The Hall–Kier alpha value is -2.05. The Bertz CT molecular complexity index is 748. The van der Waals surface area contributed by atoms with Crippen molar-refractivity contribution in [2.75, 3.05) is 38.2 Å². The van der Waals surface area contributed by atoms with Gasteiger partial charge in [0.25, 0.3) is 0 Å². The molecule has 1 N–H and O–H groups in total. The van der Waals surface area contributed by atoms with E-state index in [1.54, 1.807) is 6.20 Å². The molecule has 3 aliphatic rings. The van der Waals surface area contributed by atoms with Gasteiger partial charge in [0.15, 0.2) is 0 Å². The van der Waals surface area contributed by atoms with Crippen molar-refractivity contribution in [2.24, 2.45) is 17.8 Å². The third-order valence-corrected chi connectivity index (χ3v) is 6.66. The Balaban J connectivity index is 1.12. The van der Waals surface area contributed by atoms with Crippen LogP contribution in [0.1, 0.15) is 25.7 Å². The van der Waals surface area contributed by atoms with Crippen LogP contribution in [0.3, 0.4) is 0 Å². The maximum Gasteiger partial charge on any atom is 0.148 e. The maximum absolute atomic E-state index is 5.50. The Morgan fingerprint density at radius 2 is 1.86 bits per heavy atom. The molecule has 0 bridgehead atoms. The van der Waals surface area contributed by atoms with Gasteiger partial charge in [-0.3, -0.25) is 4.98 Å². The minimum atomic E-state index is 0.527. The summed E-state index contributed by atoms with van der Waals surface area (Å²) < 4.78 is 5.50. The third-order valence-electron chi connectivity index (χ3n) is 6.66. The molecule has 2 saturated heterocycles. The molecule has 0 unspecified atom stereocenters. The van der Waals surface area contributed by atoms with Gasteiger partial charge in [0.1, 0.15) is 5.82 Å². The largest absolute Gasteiger partial charge is 0.381 e. The summed E-state index contributed by atoms with van der Waals surface area (Å²) in [5.74, 6) is 3.40. The Kier molecular flexibility index (Phi) is 5.23. The number of ether oxygens (including phenoxy) is 1. The van der Waals surface area contributed by atoms with Crippen molar-refractivity contribution in [3.05, 3.63) is 36.7 Å². The molecule has 0 radical (unpaired) electrons. The van der Waals surface area contributed by atoms with Gasteiger partial charge in [-0.25, -0.2) is 0 Å². The summed E-state index contributed by atoms with van der Waals surface area (Å²) in [5, 5.41) is 12.4. The minimum absolute atomic E-state index is 0.527. The fourth-order valence-electron chi connectivity index (χ4n) is 5.24. The second kappa shape index (κ2) is 8.13. The molecule has 28 heavy (non-hydrogen) atoms. The standard InChI is InChI=1S/C22H29N5O/c1-2-17(12-23-7-1)21-3-4-22(26-25-21)24-20-10-18-14-27(15-19(18)11-20)13-16-5-8-28-9-6-16/h1-4,7,12,16,18-20H,5-6,8-11,13-15H2,(H,24,26)/t18-,19+,20+. The van der Waals surface area contributed by atoms with Gasteiger partial charge in [0.2, 0.25) is 0 Å². The van der Waals surface area contributed by atoms with Gasteiger partial charge in [-0.05, 0) is 67.7 Å². The molecule has 0 spiro atoms. The van der Waals surface area contributed by atoms with Crippen LogP contribution in [0, 0.1) is 17.8 Å². The number of likely N-dealkylation sites (tertiary alicyclic amines) is 1. The van der Waals surface area contributed by atoms with Crippen molar-refractivity contribution in [1.82, 2.24) is 20.1 Å². The van der Waals surface area contributed by atoms with Gasteiger partial charge in [0, 0.05) is 56.8 Å². The smallest absolute Gasteiger partial charge is 0.148 e.